The number of fused-ring (bicyclic) bond motifs is 4. The van der Waals surface area contributed by atoms with Gasteiger partial charge in [-0.15, -0.1) is 11.8 Å². The average Bonchev–Trinajstić information content (AvgIpc) is 3.29. The van der Waals surface area contributed by atoms with Gasteiger partial charge in [0.2, 0.25) is 6.23 Å². The number of benzene rings is 4. The first-order valence-electron chi connectivity index (χ1n) is 10.5. The highest BCUT2D eigenvalue weighted by molar-refractivity contribution is 7.98. The molecule has 3 nitrogen and oxygen atoms in total. The summed E-state index contributed by atoms with van der Waals surface area (Å²) in [5.41, 5.74) is 4.63. The number of rotatable bonds is 3. The molecule has 2 aliphatic heterocycles. The van der Waals surface area contributed by atoms with Crippen LogP contribution < -0.4 is 4.74 Å². The molecule has 0 aliphatic carbocycles. The van der Waals surface area contributed by atoms with Crippen LogP contribution in [0.3, 0.4) is 0 Å². The molecule has 0 spiro atoms. The summed E-state index contributed by atoms with van der Waals surface area (Å²) in [7, 11) is 0. The van der Waals surface area contributed by atoms with Crippen molar-refractivity contribution in [3.8, 4) is 5.75 Å². The van der Waals surface area contributed by atoms with E-state index in [0.717, 1.165) is 23.4 Å². The van der Waals surface area contributed by atoms with Gasteiger partial charge >= 0.3 is 0 Å². The maximum absolute atomic E-state index is 6.47. The molecular formula is C27H22N2OS. The van der Waals surface area contributed by atoms with Crippen LogP contribution in [0.2, 0.25) is 0 Å². The van der Waals surface area contributed by atoms with Gasteiger partial charge in [0.1, 0.15) is 5.75 Å². The standard InChI is InChI=1S/C27H22N2OS/c1-31-22-14-12-19(13-15-22)27-29-25(23-8-4-5-9-26(23)30-27)17-24(28-29)21-11-10-18-6-2-3-7-20(18)16-21/h2-16,25,27H,17H2,1H3/t25-,27+/m1/s1. The summed E-state index contributed by atoms with van der Waals surface area (Å²) < 4.78 is 6.47. The molecule has 2 atom stereocenters. The summed E-state index contributed by atoms with van der Waals surface area (Å²) in [5.74, 6) is 0.956. The normalized spacial score (nSPS) is 19.5. The van der Waals surface area contributed by atoms with Crippen LogP contribution in [0.25, 0.3) is 10.8 Å². The summed E-state index contributed by atoms with van der Waals surface area (Å²) in [6.07, 6.45) is 2.74. The van der Waals surface area contributed by atoms with Crippen LogP contribution in [0.5, 0.6) is 5.75 Å². The number of hydrogen-bond donors (Lipinski definition) is 0. The number of nitrogens with zero attached hydrogens (tertiary/aromatic N) is 2. The molecule has 2 heterocycles. The van der Waals surface area contributed by atoms with Crippen LogP contribution >= 0.6 is 11.8 Å². The Morgan fingerprint density at radius 3 is 2.48 bits per heavy atom. The number of hydrazone groups is 1. The van der Waals surface area contributed by atoms with Gasteiger partial charge in [-0.25, -0.2) is 5.01 Å². The summed E-state index contributed by atoms with van der Waals surface area (Å²) in [6, 6.07) is 32.3. The van der Waals surface area contributed by atoms with Crippen LogP contribution in [0.4, 0.5) is 0 Å². The highest BCUT2D eigenvalue weighted by Crippen LogP contribution is 2.47. The lowest BCUT2D eigenvalue weighted by molar-refractivity contribution is -0.0190. The minimum absolute atomic E-state index is 0.177. The molecule has 0 saturated carbocycles. The highest BCUT2D eigenvalue weighted by atomic mass is 32.2. The Hall–Kier alpha value is -3.24. The van der Waals surface area contributed by atoms with Crippen molar-refractivity contribution in [3.63, 3.8) is 0 Å². The van der Waals surface area contributed by atoms with Crippen LogP contribution in [0.15, 0.2) is 101 Å². The zero-order valence-electron chi connectivity index (χ0n) is 17.2. The van der Waals surface area contributed by atoms with Crippen LogP contribution in [0, 0.1) is 0 Å². The third-order valence-electron chi connectivity index (χ3n) is 6.18. The van der Waals surface area contributed by atoms with Gasteiger partial charge < -0.3 is 4.74 Å². The van der Waals surface area contributed by atoms with E-state index in [1.165, 1.54) is 26.8 Å². The minimum Gasteiger partial charge on any atom is -0.464 e. The Morgan fingerprint density at radius 1 is 0.871 bits per heavy atom. The summed E-state index contributed by atoms with van der Waals surface area (Å²) in [4.78, 5) is 1.25. The first-order valence-corrected chi connectivity index (χ1v) is 11.8. The van der Waals surface area contributed by atoms with Gasteiger partial charge in [0.05, 0.1) is 11.8 Å². The molecule has 4 aromatic carbocycles. The molecule has 0 N–H and O–H groups in total. The first-order chi connectivity index (χ1) is 15.3. The third-order valence-corrected chi connectivity index (χ3v) is 6.93. The van der Waals surface area contributed by atoms with E-state index in [1.807, 2.05) is 6.07 Å². The molecule has 2 aliphatic rings. The minimum atomic E-state index is -0.228. The van der Waals surface area contributed by atoms with Gasteiger partial charge in [-0.2, -0.15) is 5.10 Å². The fourth-order valence-corrected chi connectivity index (χ4v) is 4.97. The number of thioether (sulfide) groups is 1. The molecule has 0 amide bonds. The molecule has 4 heteroatoms. The van der Waals surface area contributed by atoms with E-state index in [0.29, 0.717) is 0 Å². The summed E-state index contributed by atoms with van der Waals surface area (Å²) >= 11 is 1.75. The Labute approximate surface area is 186 Å². The van der Waals surface area contributed by atoms with Crippen LogP contribution in [0.1, 0.15) is 35.4 Å². The van der Waals surface area contributed by atoms with Crippen molar-refractivity contribution < 1.29 is 4.74 Å². The Balaban J connectivity index is 1.43. The fourth-order valence-electron chi connectivity index (χ4n) is 4.57. The zero-order chi connectivity index (χ0) is 20.8. The molecule has 31 heavy (non-hydrogen) atoms. The Bertz CT molecular complexity index is 1300. The number of ether oxygens (including phenoxy) is 1. The van der Waals surface area contributed by atoms with E-state index in [1.54, 1.807) is 11.8 Å². The van der Waals surface area contributed by atoms with E-state index in [-0.39, 0.29) is 12.3 Å². The fraction of sp³-hybridized carbons (Fsp3) is 0.148. The van der Waals surface area contributed by atoms with E-state index in [4.69, 9.17) is 9.84 Å². The largest absolute Gasteiger partial charge is 0.464 e. The summed E-state index contributed by atoms with van der Waals surface area (Å²) in [5, 5.41) is 9.76. The topological polar surface area (TPSA) is 24.8 Å². The van der Waals surface area contributed by atoms with Crippen LogP contribution in [-0.2, 0) is 0 Å². The molecule has 0 radical (unpaired) electrons. The lowest BCUT2D eigenvalue weighted by atomic mass is 9.95. The first kappa shape index (κ1) is 18.5. The maximum atomic E-state index is 6.47. The molecule has 0 saturated heterocycles. The second-order valence-corrected chi connectivity index (χ2v) is 8.87. The van der Waals surface area contributed by atoms with Crippen molar-refractivity contribution in [2.45, 2.75) is 23.6 Å². The Kier molecular flexibility index (Phi) is 4.46. The lowest BCUT2D eigenvalue weighted by Gasteiger charge is -2.38. The molecular weight excluding hydrogens is 400 g/mol. The highest BCUT2D eigenvalue weighted by Gasteiger charge is 2.40. The van der Waals surface area contributed by atoms with Crippen molar-refractivity contribution in [3.05, 3.63) is 108 Å². The van der Waals surface area contributed by atoms with Crippen molar-refractivity contribution in [1.29, 1.82) is 0 Å². The van der Waals surface area contributed by atoms with Gasteiger partial charge in [0.25, 0.3) is 0 Å². The van der Waals surface area contributed by atoms with Crippen LogP contribution in [-0.4, -0.2) is 17.0 Å². The lowest BCUT2D eigenvalue weighted by Crippen LogP contribution is -2.33. The van der Waals surface area contributed by atoms with E-state index in [9.17, 15) is 0 Å². The molecule has 0 aromatic heterocycles. The predicted molar refractivity (Wildman–Crippen MR) is 128 cm³/mol. The molecule has 0 unspecified atom stereocenters. The van der Waals surface area contributed by atoms with Gasteiger partial charge in [-0.1, -0.05) is 66.7 Å². The second-order valence-electron chi connectivity index (χ2n) is 7.99. The number of hydrogen-bond acceptors (Lipinski definition) is 4. The molecule has 152 valence electrons. The quantitative estimate of drug-likeness (QED) is 0.339. The van der Waals surface area contributed by atoms with Gasteiger partial charge in [-0.05, 0) is 46.9 Å². The van der Waals surface area contributed by atoms with Gasteiger partial charge in [-0.3, -0.25) is 0 Å². The van der Waals surface area contributed by atoms with Crippen molar-refractivity contribution in [2.75, 3.05) is 6.26 Å². The third kappa shape index (κ3) is 3.19. The van der Waals surface area contributed by atoms with Crippen molar-refractivity contribution >= 4 is 28.2 Å². The Morgan fingerprint density at radius 2 is 1.65 bits per heavy atom. The molecule has 6 rings (SSSR count). The van der Waals surface area contributed by atoms with E-state index in [2.05, 4.69) is 96.2 Å². The monoisotopic (exact) mass is 422 g/mol. The zero-order valence-corrected chi connectivity index (χ0v) is 18.0. The molecule has 0 fully saturated rings. The predicted octanol–water partition coefficient (Wildman–Crippen LogP) is 6.80. The van der Waals surface area contributed by atoms with Crippen molar-refractivity contribution in [1.82, 2.24) is 5.01 Å². The van der Waals surface area contributed by atoms with Crippen molar-refractivity contribution in [2.24, 2.45) is 5.10 Å². The van der Waals surface area contributed by atoms with E-state index >= 15 is 0 Å². The molecule has 0 bridgehead atoms. The van der Waals surface area contributed by atoms with E-state index < -0.39 is 0 Å². The van der Waals surface area contributed by atoms with Gasteiger partial charge in [0.15, 0.2) is 0 Å². The average molecular weight is 423 g/mol. The smallest absolute Gasteiger partial charge is 0.213 e. The summed E-state index contributed by atoms with van der Waals surface area (Å²) in [6.45, 7) is 0. The second kappa shape index (κ2) is 7.47. The maximum Gasteiger partial charge on any atom is 0.213 e. The SMILES string of the molecule is CSc1ccc([C@@H]2Oc3ccccc3[C@H]3CC(c4ccc5ccccc5c4)=NN32)cc1. The number of para-hydroxylation sites is 1. The van der Waals surface area contributed by atoms with Gasteiger partial charge in [0, 0.05) is 22.4 Å². The molecule has 4 aromatic rings.